The molecule has 0 aliphatic heterocycles. The third kappa shape index (κ3) is 4.10. The molecule has 128 valence electrons. The molecule has 2 aromatic rings. The SMILES string of the molecule is COc1ccc(OC)c(NC(=O)[C@H](C)Oc2ccccc2OC)c1. The summed E-state index contributed by atoms with van der Waals surface area (Å²) in [6, 6.07) is 12.3. The van der Waals surface area contributed by atoms with Crippen LogP contribution in [0.25, 0.3) is 0 Å². The number of hydrogen-bond acceptors (Lipinski definition) is 5. The Morgan fingerprint density at radius 3 is 2.21 bits per heavy atom. The van der Waals surface area contributed by atoms with Gasteiger partial charge in [-0.05, 0) is 31.2 Å². The molecule has 0 fully saturated rings. The van der Waals surface area contributed by atoms with Crippen molar-refractivity contribution >= 4 is 11.6 Å². The minimum Gasteiger partial charge on any atom is -0.497 e. The average Bonchev–Trinajstić information content (AvgIpc) is 2.61. The highest BCUT2D eigenvalue weighted by Gasteiger charge is 2.18. The average molecular weight is 331 g/mol. The van der Waals surface area contributed by atoms with E-state index in [1.807, 2.05) is 12.1 Å². The van der Waals surface area contributed by atoms with E-state index in [0.29, 0.717) is 28.7 Å². The molecule has 24 heavy (non-hydrogen) atoms. The molecule has 0 aliphatic rings. The lowest BCUT2D eigenvalue weighted by molar-refractivity contribution is -0.122. The second-order valence-electron chi connectivity index (χ2n) is 4.97. The summed E-state index contributed by atoms with van der Waals surface area (Å²) in [4.78, 5) is 12.4. The summed E-state index contributed by atoms with van der Waals surface area (Å²) in [7, 11) is 4.64. The van der Waals surface area contributed by atoms with Crippen LogP contribution in [0, 0.1) is 0 Å². The minimum atomic E-state index is -0.725. The highest BCUT2D eigenvalue weighted by Crippen LogP contribution is 2.30. The van der Waals surface area contributed by atoms with Gasteiger partial charge in [-0.2, -0.15) is 0 Å². The van der Waals surface area contributed by atoms with E-state index in [1.165, 1.54) is 7.11 Å². The van der Waals surface area contributed by atoms with E-state index >= 15 is 0 Å². The van der Waals surface area contributed by atoms with Crippen molar-refractivity contribution in [2.24, 2.45) is 0 Å². The Labute approximate surface area is 141 Å². The van der Waals surface area contributed by atoms with E-state index in [2.05, 4.69) is 5.32 Å². The zero-order valence-corrected chi connectivity index (χ0v) is 14.2. The van der Waals surface area contributed by atoms with Crippen LogP contribution in [-0.2, 0) is 4.79 Å². The molecule has 0 aliphatic carbocycles. The van der Waals surface area contributed by atoms with E-state index in [4.69, 9.17) is 18.9 Å². The highest BCUT2D eigenvalue weighted by atomic mass is 16.5. The molecular formula is C18H21NO5. The molecule has 0 unspecified atom stereocenters. The first-order valence-corrected chi connectivity index (χ1v) is 7.41. The van der Waals surface area contributed by atoms with E-state index in [1.54, 1.807) is 51.5 Å². The van der Waals surface area contributed by atoms with E-state index in [-0.39, 0.29) is 5.91 Å². The van der Waals surface area contributed by atoms with Crippen LogP contribution >= 0.6 is 0 Å². The van der Waals surface area contributed by atoms with Crippen LogP contribution in [0.2, 0.25) is 0 Å². The number of carbonyl (C=O) groups is 1. The number of ether oxygens (including phenoxy) is 4. The van der Waals surface area contributed by atoms with Gasteiger partial charge >= 0.3 is 0 Å². The lowest BCUT2D eigenvalue weighted by Crippen LogP contribution is -2.30. The van der Waals surface area contributed by atoms with Crippen molar-refractivity contribution < 1.29 is 23.7 Å². The van der Waals surface area contributed by atoms with Crippen LogP contribution in [-0.4, -0.2) is 33.3 Å². The number of benzene rings is 2. The first kappa shape index (κ1) is 17.5. The molecule has 0 aromatic heterocycles. The smallest absolute Gasteiger partial charge is 0.265 e. The molecule has 6 nitrogen and oxygen atoms in total. The molecule has 6 heteroatoms. The molecule has 1 atom stereocenters. The molecule has 0 heterocycles. The Morgan fingerprint density at radius 1 is 0.917 bits per heavy atom. The van der Waals surface area contributed by atoms with Crippen LogP contribution < -0.4 is 24.3 Å². The first-order valence-electron chi connectivity index (χ1n) is 7.41. The Bertz CT molecular complexity index is 702. The van der Waals surface area contributed by atoms with Crippen LogP contribution in [0.5, 0.6) is 23.0 Å². The van der Waals surface area contributed by atoms with Gasteiger partial charge in [0.25, 0.3) is 5.91 Å². The Balaban J connectivity index is 2.11. The number of amides is 1. The number of nitrogens with one attached hydrogen (secondary N) is 1. The highest BCUT2D eigenvalue weighted by molar-refractivity contribution is 5.95. The minimum absolute atomic E-state index is 0.313. The molecule has 2 aromatic carbocycles. The van der Waals surface area contributed by atoms with Gasteiger partial charge in [0.1, 0.15) is 11.5 Å². The van der Waals surface area contributed by atoms with E-state index in [0.717, 1.165) is 0 Å². The summed E-state index contributed by atoms with van der Waals surface area (Å²) in [6.45, 7) is 1.66. The third-order valence-electron chi connectivity index (χ3n) is 3.41. The number of methoxy groups -OCH3 is 3. The fourth-order valence-electron chi connectivity index (χ4n) is 2.11. The van der Waals surface area contributed by atoms with Crippen LogP contribution in [0.1, 0.15) is 6.92 Å². The van der Waals surface area contributed by atoms with Crippen LogP contribution in [0.15, 0.2) is 42.5 Å². The van der Waals surface area contributed by atoms with Gasteiger partial charge in [0, 0.05) is 6.07 Å². The molecule has 0 spiro atoms. The van der Waals surface area contributed by atoms with Crippen molar-refractivity contribution in [2.45, 2.75) is 13.0 Å². The summed E-state index contributed by atoms with van der Waals surface area (Å²) in [5.41, 5.74) is 0.511. The molecule has 0 radical (unpaired) electrons. The summed E-state index contributed by atoms with van der Waals surface area (Å²) < 4.78 is 21.3. The topological polar surface area (TPSA) is 66.0 Å². The summed E-state index contributed by atoms with van der Waals surface area (Å²) in [6.07, 6.45) is -0.725. The molecule has 2 rings (SSSR count). The second-order valence-corrected chi connectivity index (χ2v) is 4.97. The molecule has 1 N–H and O–H groups in total. The summed E-state index contributed by atoms with van der Waals surface area (Å²) in [5, 5.41) is 2.78. The Morgan fingerprint density at radius 2 is 1.58 bits per heavy atom. The van der Waals surface area contributed by atoms with Crippen molar-refractivity contribution in [1.82, 2.24) is 0 Å². The lowest BCUT2D eigenvalue weighted by atomic mass is 10.2. The Hall–Kier alpha value is -2.89. The maximum absolute atomic E-state index is 12.4. The lowest BCUT2D eigenvalue weighted by Gasteiger charge is -2.18. The maximum Gasteiger partial charge on any atom is 0.265 e. The van der Waals surface area contributed by atoms with E-state index in [9.17, 15) is 4.79 Å². The number of hydrogen-bond donors (Lipinski definition) is 1. The van der Waals surface area contributed by atoms with Crippen molar-refractivity contribution in [2.75, 3.05) is 26.6 Å². The van der Waals surface area contributed by atoms with Gasteiger partial charge in [-0.3, -0.25) is 4.79 Å². The van der Waals surface area contributed by atoms with Crippen molar-refractivity contribution in [3.05, 3.63) is 42.5 Å². The fraction of sp³-hybridized carbons (Fsp3) is 0.278. The van der Waals surface area contributed by atoms with Gasteiger partial charge in [0.2, 0.25) is 0 Å². The van der Waals surface area contributed by atoms with Gasteiger partial charge in [-0.15, -0.1) is 0 Å². The van der Waals surface area contributed by atoms with E-state index < -0.39 is 6.10 Å². The van der Waals surface area contributed by atoms with Gasteiger partial charge in [0.05, 0.1) is 27.0 Å². The summed E-state index contributed by atoms with van der Waals surface area (Å²) in [5.74, 6) is 1.90. The molecule has 0 bridgehead atoms. The number of rotatable bonds is 7. The number of carbonyl (C=O) groups excluding carboxylic acids is 1. The first-order chi connectivity index (χ1) is 11.6. The fourth-order valence-corrected chi connectivity index (χ4v) is 2.11. The predicted octanol–water partition coefficient (Wildman–Crippen LogP) is 3.12. The van der Waals surface area contributed by atoms with Gasteiger partial charge < -0.3 is 24.3 Å². The number of para-hydroxylation sites is 2. The zero-order valence-electron chi connectivity index (χ0n) is 14.2. The molecule has 0 saturated carbocycles. The summed E-state index contributed by atoms with van der Waals surface area (Å²) >= 11 is 0. The second kappa shape index (κ2) is 8.10. The van der Waals surface area contributed by atoms with Crippen LogP contribution in [0.3, 0.4) is 0 Å². The van der Waals surface area contributed by atoms with Crippen molar-refractivity contribution in [3.8, 4) is 23.0 Å². The quantitative estimate of drug-likeness (QED) is 0.844. The van der Waals surface area contributed by atoms with Gasteiger partial charge in [0.15, 0.2) is 17.6 Å². The van der Waals surface area contributed by atoms with Crippen molar-refractivity contribution in [1.29, 1.82) is 0 Å². The zero-order chi connectivity index (χ0) is 17.5. The normalized spacial score (nSPS) is 11.3. The third-order valence-corrected chi connectivity index (χ3v) is 3.41. The molecule has 1 amide bonds. The molecule has 0 saturated heterocycles. The standard InChI is InChI=1S/C18H21NO5/c1-12(24-17-8-6-5-7-16(17)23-4)18(20)19-14-11-13(21-2)9-10-15(14)22-3/h5-12H,1-4H3,(H,19,20)/t12-/m0/s1. The largest absolute Gasteiger partial charge is 0.497 e. The van der Waals surface area contributed by atoms with Gasteiger partial charge in [-0.25, -0.2) is 0 Å². The maximum atomic E-state index is 12.4. The van der Waals surface area contributed by atoms with Crippen LogP contribution in [0.4, 0.5) is 5.69 Å². The molecular weight excluding hydrogens is 310 g/mol. The van der Waals surface area contributed by atoms with Crippen molar-refractivity contribution in [3.63, 3.8) is 0 Å². The Kier molecular flexibility index (Phi) is 5.89. The number of anilines is 1. The van der Waals surface area contributed by atoms with Gasteiger partial charge in [-0.1, -0.05) is 12.1 Å². The predicted molar refractivity (Wildman–Crippen MR) is 91.3 cm³/mol. The monoisotopic (exact) mass is 331 g/mol.